The zero-order chi connectivity index (χ0) is 22.3. The Morgan fingerprint density at radius 1 is 1.03 bits per heavy atom. The molecule has 0 aliphatic heterocycles. The number of hydrazine groups is 1. The lowest BCUT2D eigenvalue weighted by Gasteiger charge is -2.41. The molecule has 0 fully saturated rings. The lowest BCUT2D eigenvalue weighted by atomic mass is 10.0. The van der Waals surface area contributed by atoms with E-state index in [4.69, 9.17) is 0 Å². The molecule has 0 aromatic heterocycles. The number of likely N-dealkylation sites (N-methyl/N-ethyl adjacent to an activating group) is 2. The predicted molar refractivity (Wildman–Crippen MR) is 123 cm³/mol. The Bertz CT molecular complexity index is 801. The summed E-state index contributed by atoms with van der Waals surface area (Å²) in [5.74, 6) is -0.0340. The highest BCUT2D eigenvalue weighted by molar-refractivity contribution is 5.93. The van der Waals surface area contributed by atoms with E-state index in [0.717, 1.165) is 35.5 Å². The maximum absolute atomic E-state index is 12.9. The largest absolute Gasteiger partial charge is 0.387 e. The van der Waals surface area contributed by atoms with Crippen molar-refractivity contribution in [2.24, 2.45) is 0 Å². The van der Waals surface area contributed by atoms with E-state index in [2.05, 4.69) is 24.7 Å². The van der Waals surface area contributed by atoms with Crippen LogP contribution >= 0.6 is 0 Å². The van der Waals surface area contributed by atoms with Gasteiger partial charge in [0.25, 0.3) is 5.91 Å². The second-order valence-corrected chi connectivity index (χ2v) is 8.06. The van der Waals surface area contributed by atoms with Gasteiger partial charge >= 0.3 is 0 Å². The van der Waals surface area contributed by atoms with Crippen molar-refractivity contribution in [3.63, 3.8) is 0 Å². The number of nitrogens with one attached hydrogen (secondary N) is 2. The molecule has 1 amide bonds. The van der Waals surface area contributed by atoms with Crippen LogP contribution in [0.5, 0.6) is 0 Å². The number of quaternary nitrogens is 1. The number of carbonyl (C=O) groups excluding carboxylic acids is 1. The summed E-state index contributed by atoms with van der Waals surface area (Å²) in [5, 5.41) is 15.8. The number of hydrogen-bond donors (Lipinski definition) is 3. The fourth-order valence-corrected chi connectivity index (χ4v) is 3.66. The third-order valence-electron chi connectivity index (χ3n) is 5.98. The van der Waals surface area contributed by atoms with Crippen LogP contribution in [0, 0.1) is 13.8 Å². The first-order valence-electron chi connectivity index (χ1n) is 10.7. The average molecular weight is 414 g/mol. The first kappa shape index (κ1) is 24.0. The van der Waals surface area contributed by atoms with Crippen molar-refractivity contribution >= 4 is 11.6 Å². The van der Waals surface area contributed by atoms with Crippen LogP contribution in [0.3, 0.4) is 0 Å². The molecular weight excluding hydrogens is 376 g/mol. The number of benzene rings is 2. The minimum atomic E-state index is -0.636. The molecule has 6 nitrogen and oxygen atoms in total. The van der Waals surface area contributed by atoms with E-state index in [-0.39, 0.29) is 11.9 Å². The Morgan fingerprint density at radius 3 is 2.13 bits per heavy atom. The van der Waals surface area contributed by atoms with Gasteiger partial charge in [0.15, 0.2) is 6.54 Å². The monoisotopic (exact) mass is 413 g/mol. The second-order valence-electron chi connectivity index (χ2n) is 8.06. The van der Waals surface area contributed by atoms with Crippen LogP contribution in [0.2, 0.25) is 0 Å². The van der Waals surface area contributed by atoms with Crippen molar-refractivity contribution in [1.29, 1.82) is 0 Å². The summed E-state index contributed by atoms with van der Waals surface area (Å²) in [4.78, 5) is 12.9. The van der Waals surface area contributed by atoms with Gasteiger partial charge in [0.1, 0.15) is 0 Å². The molecule has 2 aromatic rings. The zero-order valence-corrected chi connectivity index (χ0v) is 19.1. The summed E-state index contributed by atoms with van der Waals surface area (Å²) >= 11 is 0. The van der Waals surface area contributed by atoms with E-state index in [1.165, 1.54) is 0 Å². The minimum absolute atomic E-state index is 0.0340. The molecule has 2 aromatic carbocycles. The first-order chi connectivity index (χ1) is 14.2. The Labute approximate surface area is 181 Å². The van der Waals surface area contributed by atoms with Crippen molar-refractivity contribution in [3.8, 4) is 0 Å². The number of para-hydroxylation sites is 1. The molecule has 6 heteroatoms. The molecule has 0 aliphatic rings. The zero-order valence-electron chi connectivity index (χ0n) is 19.1. The summed E-state index contributed by atoms with van der Waals surface area (Å²) in [6.45, 7) is 11.9. The number of aliphatic hydroxyl groups excluding tert-OH is 1. The van der Waals surface area contributed by atoms with Crippen LogP contribution in [-0.2, 0) is 4.79 Å². The van der Waals surface area contributed by atoms with Crippen molar-refractivity contribution in [3.05, 3.63) is 65.2 Å². The predicted octanol–water partition coefficient (Wildman–Crippen LogP) is 3.57. The van der Waals surface area contributed by atoms with Gasteiger partial charge in [-0.25, -0.2) is 4.59 Å². The fraction of sp³-hybridized carbons (Fsp3) is 0.458. The SMILES string of the molecule is CC[N+](CC)(CC(=O)Nc1c(C)cccc1C)NN(C)[C@@H](C)[C@H](O)c1ccccc1. The maximum Gasteiger partial charge on any atom is 0.281 e. The van der Waals surface area contributed by atoms with E-state index in [1.54, 1.807) is 0 Å². The first-order valence-corrected chi connectivity index (χ1v) is 10.7. The number of aliphatic hydroxyl groups is 1. The van der Waals surface area contributed by atoms with Crippen LogP contribution in [-0.4, -0.2) is 53.3 Å². The lowest BCUT2D eigenvalue weighted by Crippen LogP contribution is -2.67. The topological polar surface area (TPSA) is 64.6 Å². The number of hydrogen-bond acceptors (Lipinski definition) is 4. The van der Waals surface area contributed by atoms with Gasteiger partial charge in [-0.1, -0.05) is 54.1 Å². The summed E-state index contributed by atoms with van der Waals surface area (Å²) in [6, 6.07) is 15.5. The maximum atomic E-state index is 12.9. The Balaban J connectivity index is 2.09. The van der Waals surface area contributed by atoms with E-state index >= 15 is 0 Å². The molecule has 30 heavy (non-hydrogen) atoms. The average Bonchev–Trinajstić information content (AvgIpc) is 2.75. The van der Waals surface area contributed by atoms with Gasteiger partial charge < -0.3 is 10.4 Å². The molecule has 2 atom stereocenters. The van der Waals surface area contributed by atoms with Crippen molar-refractivity contribution in [1.82, 2.24) is 10.5 Å². The van der Waals surface area contributed by atoms with Gasteiger partial charge in [-0.2, -0.15) is 5.01 Å². The third kappa shape index (κ3) is 5.89. The number of carbonyl (C=O) groups is 1. The quantitative estimate of drug-likeness (QED) is 0.412. The molecule has 0 saturated carbocycles. The van der Waals surface area contributed by atoms with E-state index in [0.29, 0.717) is 11.1 Å². The molecule has 0 heterocycles. The van der Waals surface area contributed by atoms with Gasteiger partial charge in [0.2, 0.25) is 0 Å². The van der Waals surface area contributed by atoms with E-state index < -0.39 is 6.10 Å². The van der Waals surface area contributed by atoms with Crippen LogP contribution in [0.1, 0.15) is 43.6 Å². The van der Waals surface area contributed by atoms with Crippen molar-refractivity contribution < 1.29 is 14.5 Å². The molecule has 0 aliphatic carbocycles. The highest BCUT2D eigenvalue weighted by Gasteiger charge is 2.32. The molecule has 0 unspecified atom stereocenters. The highest BCUT2D eigenvalue weighted by Crippen LogP contribution is 2.21. The summed E-state index contributed by atoms with van der Waals surface area (Å²) < 4.78 is 0.388. The normalized spacial score (nSPS) is 13.9. The minimum Gasteiger partial charge on any atom is -0.387 e. The lowest BCUT2D eigenvalue weighted by molar-refractivity contribution is -0.974. The molecular formula is C24H37N4O2+. The number of amides is 1. The van der Waals surface area contributed by atoms with E-state index in [9.17, 15) is 9.90 Å². The van der Waals surface area contributed by atoms with Crippen LogP contribution in [0.25, 0.3) is 0 Å². The molecule has 0 saturated heterocycles. The highest BCUT2D eigenvalue weighted by atomic mass is 16.3. The standard InChI is InChI=1S/C24H36N4O2/c1-7-28(8-2,17-22(29)25-23-18(3)13-12-14-19(23)4)26-27(6)20(5)24(30)21-15-10-9-11-16-21/h9-16,20,24,26,30H,7-8,17H2,1-6H3/p+1/t20-,24-/m0/s1. The summed E-state index contributed by atoms with van der Waals surface area (Å²) in [7, 11) is 1.92. The number of anilines is 1. The van der Waals surface area contributed by atoms with Gasteiger partial charge in [-0.15, -0.1) is 0 Å². The smallest absolute Gasteiger partial charge is 0.281 e. The number of nitrogens with zero attached hydrogens (tertiary/aromatic N) is 2. The summed E-state index contributed by atoms with van der Waals surface area (Å²) in [5.41, 5.74) is 7.34. The van der Waals surface area contributed by atoms with Gasteiger partial charge in [-0.3, -0.25) is 4.79 Å². The van der Waals surface area contributed by atoms with Gasteiger partial charge in [0.05, 0.1) is 25.2 Å². The summed E-state index contributed by atoms with van der Waals surface area (Å²) in [6.07, 6.45) is -0.636. The third-order valence-corrected chi connectivity index (χ3v) is 5.98. The van der Waals surface area contributed by atoms with Gasteiger partial charge in [-0.05, 0) is 51.3 Å². The molecule has 3 N–H and O–H groups in total. The Kier molecular flexibility index (Phi) is 8.55. The van der Waals surface area contributed by atoms with E-state index in [1.807, 2.05) is 81.4 Å². The van der Waals surface area contributed by atoms with Crippen LogP contribution < -0.4 is 10.9 Å². The van der Waals surface area contributed by atoms with Crippen molar-refractivity contribution in [2.45, 2.75) is 46.8 Å². The van der Waals surface area contributed by atoms with Crippen LogP contribution in [0.4, 0.5) is 5.69 Å². The number of aryl methyl sites for hydroxylation is 2. The van der Waals surface area contributed by atoms with Crippen LogP contribution in [0.15, 0.2) is 48.5 Å². The molecule has 0 spiro atoms. The molecule has 2 rings (SSSR count). The Hall–Kier alpha value is -2.25. The molecule has 0 radical (unpaired) electrons. The molecule has 0 bridgehead atoms. The fourth-order valence-electron chi connectivity index (χ4n) is 3.66. The Morgan fingerprint density at radius 2 is 1.60 bits per heavy atom. The number of rotatable bonds is 10. The second kappa shape index (κ2) is 10.7. The molecule has 164 valence electrons. The van der Waals surface area contributed by atoms with Gasteiger partial charge in [0, 0.05) is 12.7 Å². The van der Waals surface area contributed by atoms with Crippen molar-refractivity contribution in [2.75, 3.05) is 32.0 Å².